The number of hydrogen-bond acceptors (Lipinski definition) is 4. The van der Waals surface area contributed by atoms with Crippen LogP contribution >= 0.6 is 0 Å². The van der Waals surface area contributed by atoms with E-state index in [9.17, 15) is 0 Å². The molecule has 0 radical (unpaired) electrons. The number of nitrogens with zero attached hydrogens (tertiary/aromatic N) is 5. The maximum absolute atomic E-state index is 4.03. The molecule has 0 amide bonds. The predicted molar refractivity (Wildman–Crippen MR) is 45.1 cm³/mol. The van der Waals surface area contributed by atoms with Crippen LogP contribution in [0.25, 0.3) is 11.2 Å². The average Bonchev–Trinajstić information content (AvgIpc) is 2.50. The number of hydrogen-bond donors (Lipinski definition) is 0. The van der Waals surface area contributed by atoms with E-state index >= 15 is 0 Å². The van der Waals surface area contributed by atoms with Crippen molar-refractivity contribution in [2.45, 2.75) is 0 Å². The first-order chi connectivity index (χ1) is 5.92. The van der Waals surface area contributed by atoms with E-state index in [0.717, 1.165) is 5.52 Å². The van der Waals surface area contributed by atoms with Crippen LogP contribution in [-0.2, 0) is 0 Å². The lowest BCUT2D eigenvalue weighted by molar-refractivity contribution is 0.872. The molecule has 60 valence electrons. The van der Waals surface area contributed by atoms with Gasteiger partial charge in [-0.2, -0.15) is 0 Å². The van der Waals surface area contributed by atoms with E-state index in [1.54, 1.807) is 24.3 Å². The summed E-state index contributed by atoms with van der Waals surface area (Å²) < 4.78 is 1.59. The summed E-state index contributed by atoms with van der Waals surface area (Å²) in [5, 5.41) is 7.69. The van der Waals surface area contributed by atoms with E-state index in [1.165, 1.54) is 0 Å². The number of rotatable bonds is 1. The number of aliphatic imine (C=N–C) groups is 1. The summed E-state index contributed by atoms with van der Waals surface area (Å²) in [4.78, 5) is 7.86. The minimum absolute atomic E-state index is 0.636. The second kappa shape index (κ2) is 2.69. The molecule has 2 aromatic rings. The minimum Gasteiger partial charge on any atom is -0.277 e. The van der Waals surface area contributed by atoms with Crippen LogP contribution in [0.4, 0.5) is 0 Å². The number of aromatic nitrogens is 4. The zero-order valence-corrected chi connectivity index (χ0v) is 6.55. The van der Waals surface area contributed by atoms with E-state index in [4.69, 9.17) is 0 Å². The lowest BCUT2D eigenvalue weighted by atomic mass is 10.4. The van der Waals surface area contributed by atoms with Crippen LogP contribution < -0.4 is 0 Å². The molecular formula is C7H7N5. The van der Waals surface area contributed by atoms with Crippen molar-refractivity contribution in [1.82, 2.24) is 20.0 Å². The predicted octanol–water partition coefficient (Wildman–Crippen LogP) is 0.332. The summed E-state index contributed by atoms with van der Waals surface area (Å²) in [6, 6.07) is 3.73. The van der Waals surface area contributed by atoms with Gasteiger partial charge in [0.05, 0.1) is 0 Å². The Morgan fingerprint density at radius 2 is 2.50 bits per heavy atom. The Morgan fingerprint density at radius 1 is 1.58 bits per heavy atom. The van der Waals surface area contributed by atoms with Gasteiger partial charge in [-0.1, -0.05) is 5.21 Å². The van der Waals surface area contributed by atoms with Gasteiger partial charge in [-0.25, -0.2) is 9.67 Å². The van der Waals surface area contributed by atoms with Gasteiger partial charge < -0.3 is 0 Å². The van der Waals surface area contributed by atoms with Crippen LogP contribution in [0.15, 0.2) is 23.3 Å². The third kappa shape index (κ3) is 0.952. The first kappa shape index (κ1) is 6.90. The summed E-state index contributed by atoms with van der Waals surface area (Å²) in [7, 11) is 1.68. The normalized spacial score (nSPS) is 11.4. The highest BCUT2D eigenvalue weighted by molar-refractivity contribution is 5.77. The molecule has 2 heterocycles. The molecule has 12 heavy (non-hydrogen) atoms. The van der Waals surface area contributed by atoms with Crippen molar-refractivity contribution in [3.05, 3.63) is 18.3 Å². The summed E-state index contributed by atoms with van der Waals surface area (Å²) in [6.07, 6.45) is 3.28. The first-order valence-corrected chi connectivity index (χ1v) is 3.50. The fraction of sp³-hybridized carbons (Fsp3) is 0.143. The summed E-state index contributed by atoms with van der Waals surface area (Å²) in [5.74, 6) is 0. The van der Waals surface area contributed by atoms with Gasteiger partial charge in [0.1, 0.15) is 11.9 Å². The van der Waals surface area contributed by atoms with Gasteiger partial charge in [-0.3, -0.25) is 4.99 Å². The number of pyridine rings is 1. The molecule has 0 aliphatic heterocycles. The topological polar surface area (TPSA) is 56.0 Å². The van der Waals surface area contributed by atoms with Crippen LogP contribution in [0.3, 0.4) is 0 Å². The molecule has 0 aliphatic rings. The second-order valence-electron chi connectivity index (χ2n) is 2.25. The summed E-state index contributed by atoms with van der Waals surface area (Å²) in [5.41, 5.74) is 1.50. The van der Waals surface area contributed by atoms with Gasteiger partial charge >= 0.3 is 0 Å². The smallest absolute Gasteiger partial charge is 0.202 e. The zero-order valence-electron chi connectivity index (χ0n) is 6.55. The Kier molecular flexibility index (Phi) is 1.55. The van der Waals surface area contributed by atoms with Gasteiger partial charge in [0.2, 0.25) is 5.65 Å². The Bertz CT molecular complexity index is 416. The second-order valence-corrected chi connectivity index (χ2v) is 2.25. The fourth-order valence-electron chi connectivity index (χ4n) is 0.978. The van der Waals surface area contributed by atoms with Crippen molar-refractivity contribution >= 4 is 17.5 Å². The Balaban J connectivity index is 2.70. The summed E-state index contributed by atoms with van der Waals surface area (Å²) in [6.45, 7) is 0. The van der Waals surface area contributed by atoms with Gasteiger partial charge in [-0.15, -0.1) is 5.10 Å². The fourth-order valence-corrected chi connectivity index (χ4v) is 0.978. The van der Waals surface area contributed by atoms with Crippen molar-refractivity contribution in [2.75, 3.05) is 7.05 Å². The van der Waals surface area contributed by atoms with Crippen LogP contribution in [0.5, 0.6) is 0 Å². The molecular weight excluding hydrogens is 154 g/mol. The van der Waals surface area contributed by atoms with E-state index in [2.05, 4.69) is 20.3 Å². The third-order valence-electron chi connectivity index (χ3n) is 1.47. The average molecular weight is 161 g/mol. The Hall–Kier alpha value is -1.78. The lowest BCUT2D eigenvalue weighted by Crippen LogP contribution is -1.96. The van der Waals surface area contributed by atoms with E-state index in [1.807, 2.05) is 12.1 Å². The highest BCUT2D eigenvalue weighted by Crippen LogP contribution is 2.03. The first-order valence-electron chi connectivity index (χ1n) is 3.50. The Labute approximate surface area is 68.8 Å². The monoisotopic (exact) mass is 161 g/mol. The van der Waals surface area contributed by atoms with Gasteiger partial charge in [0.15, 0.2) is 0 Å². The molecule has 2 aromatic heterocycles. The van der Waals surface area contributed by atoms with Crippen LogP contribution in [-0.4, -0.2) is 33.4 Å². The van der Waals surface area contributed by atoms with Crippen LogP contribution in [0, 0.1) is 0 Å². The molecule has 5 heteroatoms. The van der Waals surface area contributed by atoms with Crippen molar-refractivity contribution in [2.24, 2.45) is 4.99 Å². The molecule has 0 saturated carbocycles. The third-order valence-corrected chi connectivity index (χ3v) is 1.47. The molecule has 5 nitrogen and oxygen atoms in total. The standard InChI is InChI=1S/C7H7N5/c1-8-5-12-6-3-2-4-9-7(6)10-11-12/h2-5H,1H3. The van der Waals surface area contributed by atoms with Crippen molar-refractivity contribution < 1.29 is 0 Å². The van der Waals surface area contributed by atoms with Gasteiger partial charge in [0.25, 0.3) is 0 Å². The molecule has 0 aromatic carbocycles. The van der Waals surface area contributed by atoms with Gasteiger partial charge in [-0.05, 0) is 12.1 Å². The molecule has 0 unspecified atom stereocenters. The van der Waals surface area contributed by atoms with Crippen molar-refractivity contribution in [3.8, 4) is 0 Å². The lowest BCUT2D eigenvalue weighted by Gasteiger charge is -1.88. The largest absolute Gasteiger partial charge is 0.277 e. The molecule has 0 saturated heterocycles. The van der Waals surface area contributed by atoms with Crippen molar-refractivity contribution in [1.29, 1.82) is 0 Å². The van der Waals surface area contributed by atoms with Gasteiger partial charge in [0, 0.05) is 13.2 Å². The quantitative estimate of drug-likeness (QED) is 0.447. The zero-order chi connectivity index (χ0) is 8.39. The van der Waals surface area contributed by atoms with Crippen LogP contribution in [0.2, 0.25) is 0 Å². The minimum atomic E-state index is 0.636. The SMILES string of the molecule is CN=Cn1nnc2ncccc21. The molecule has 0 fully saturated rings. The van der Waals surface area contributed by atoms with E-state index in [0.29, 0.717) is 5.65 Å². The molecule has 0 bridgehead atoms. The van der Waals surface area contributed by atoms with Crippen molar-refractivity contribution in [3.63, 3.8) is 0 Å². The highest BCUT2D eigenvalue weighted by atomic mass is 15.4. The summed E-state index contributed by atoms with van der Waals surface area (Å²) >= 11 is 0. The molecule has 0 N–H and O–H groups in total. The highest BCUT2D eigenvalue weighted by Gasteiger charge is 2.00. The maximum atomic E-state index is 4.03. The van der Waals surface area contributed by atoms with Crippen LogP contribution in [0.1, 0.15) is 0 Å². The molecule has 0 atom stereocenters. The van der Waals surface area contributed by atoms with E-state index in [-0.39, 0.29) is 0 Å². The van der Waals surface area contributed by atoms with E-state index < -0.39 is 0 Å². The molecule has 0 aliphatic carbocycles. The maximum Gasteiger partial charge on any atom is 0.202 e. The Morgan fingerprint density at radius 3 is 3.33 bits per heavy atom. The molecule has 2 rings (SSSR count). The molecule has 0 spiro atoms. The number of fused-ring (bicyclic) bond motifs is 1.